The van der Waals surface area contributed by atoms with Crippen LogP contribution in [0.3, 0.4) is 0 Å². The molecule has 20 nitrogen and oxygen atoms in total. The molecule has 0 aromatic carbocycles. The lowest BCUT2D eigenvalue weighted by Gasteiger charge is -2.54. The van der Waals surface area contributed by atoms with Crippen molar-refractivity contribution in [3.05, 3.63) is 29.6 Å². The predicted molar refractivity (Wildman–Crippen MR) is 175 cm³/mol. The Morgan fingerprint density at radius 2 is 1.73 bits per heavy atom. The molecule has 2 spiro atoms. The van der Waals surface area contributed by atoms with Crippen LogP contribution >= 0.6 is 0 Å². The van der Waals surface area contributed by atoms with Crippen LogP contribution in [0.2, 0.25) is 0 Å². The number of aromatic nitrogens is 1. The Kier molecular flexibility index (Phi) is 9.93. The first-order chi connectivity index (χ1) is 24.8. The summed E-state index contributed by atoms with van der Waals surface area (Å²) >= 11 is 0. The Morgan fingerprint density at radius 1 is 0.942 bits per heavy atom. The highest BCUT2D eigenvalue weighted by Gasteiger charge is 2.71. The number of amides is 3. The lowest BCUT2D eigenvalue weighted by molar-refractivity contribution is -0.272. The molecule has 6 fully saturated rings. The van der Waals surface area contributed by atoms with Crippen molar-refractivity contribution in [2.75, 3.05) is 85.1 Å². The summed E-state index contributed by atoms with van der Waals surface area (Å²) in [5.41, 5.74) is -0.547. The average Bonchev–Trinajstić information content (AvgIpc) is 3.65. The van der Waals surface area contributed by atoms with Gasteiger partial charge in [-0.05, 0) is 25.0 Å². The van der Waals surface area contributed by atoms with Crippen LogP contribution in [0, 0.1) is 0 Å². The Hall–Kier alpha value is -4.25. The van der Waals surface area contributed by atoms with Gasteiger partial charge in [-0.1, -0.05) is 0 Å². The van der Waals surface area contributed by atoms with E-state index in [1.807, 2.05) is 19.6 Å². The van der Waals surface area contributed by atoms with Crippen molar-refractivity contribution in [3.8, 4) is 0 Å². The molecular weight excluding hydrogens is 685 g/mol. The standard InChI is InChI=1S/C31H42BN9O11/c42-24(34-9-21-4-3-20(8-33-21)29(48)35-10-25(43)40-5-1-2-23(40)32(49)50)13-36-6-7-37-15-27(46)52-31(19-37)39-16-28(47)51-30(18-39)17-38(14-26(44)45)12-22(11-36)41(30)31/h3-4,8,22-23,49-50H,1-2,5-7,9-19H2,(H,34,42)(H,35,48)(H,44,45)/t22?,23-,30?,31?/m0/s1. The van der Waals surface area contributed by atoms with Gasteiger partial charge in [-0.15, -0.1) is 0 Å². The minimum atomic E-state index is -1.65. The number of rotatable bonds is 10. The molecule has 21 heteroatoms. The van der Waals surface area contributed by atoms with E-state index in [4.69, 9.17) is 9.47 Å². The normalized spacial score (nSPS) is 31.7. The van der Waals surface area contributed by atoms with E-state index in [0.717, 1.165) is 0 Å². The maximum Gasteiger partial charge on any atom is 0.475 e. The van der Waals surface area contributed by atoms with Gasteiger partial charge in [0.15, 0.2) is 5.72 Å². The molecule has 7 heterocycles. The number of nitrogens with zero attached hydrogens (tertiary/aromatic N) is 7. The van der Waals surface area contributed by atoms with Gasteiger partial charge in [0.2, 0.25) is 17.7 Å². The maximum atomic E-state index is 13.3. The summed E-state index contributed by atoms with van der Waals surface area (Å²) in [4.78, 5) is 91.1. The van der Waals surface area contributed by atoms with Crippen molar-refractivity contribution in [3.63, 3.8) is 0 Å². The maximum absolute atomic E-state index is 13.3. The van der Waals surface area contributed by atoms with Crippen LogP contribution in [0.4, 0.5) is 0 Å². The highest BCUT2D eigenvalue weighted by atomic mass is 16.6. The lowest BCUT2D eigenvalue weighted by atomic mass is 9.78. The Morgan fingerprint density at radius 3 is 2.48 bits per heavy atom. The zero-order chi connectivity index (χ0) is 36.8. The quantitative estimate of drug-likeness (QED) is 0.112. The second kappa shape index (κ2) is 14.3. The zero-order valence-electron chi connectivity index (χ0n) is 28.5. The first-order valence-electron chi connectivity index (χ1n) is 17.4. The Bertz CT molecular complexity index is 1620. The molecular formula is C31H42BN9O11. The Labute approximate surface area is 298 Å². The van der Waals surface area contributed by atoms with Gasteiger partial charge in [0.05, 0.1) is 69.6 Å². The van der Waals surface area contributed by atoms with E-state index in [9.17, 15) is 43.9 Å². The number of aliphatic carboxylic acids is 1. The van der Waals surface area contributed by atoms with Crippen molar-refractivity contribution in [2.24, 2.45) is 0 Å². The third-order valence-electron chi connectivity index (χ3n) is 10.6. The number of carbonyl (C=O) groups excluding carboxylic acids is 5. The molecule has 0 aliphatic carbocycles. The van der Waals surface area contributed by atoms with Gasteiger partial charge in [0.25, 0.3) is 5.91 Å². The van der Waals surface area contributed by atoms with Crippen LogP contribution in [0.15, 0.2) is 18.3 Å². The second-order valence-electron chi connectivity index (χ2n) is 14.2. The van der Waals surface area contributed by atoms with E-state index in [1.54, 1.807) is 11.0 Å². The monoisotopic (exact) mass is 727 g/mol. The third kappa shape index (κ3) is 7.08. The zero-order valence-corrected chi connectivity index (χ0v) is 28.5. The van der Waals surface area contributed by atoms with E-state index >= 15 is 0 Å². The summed E-state index contributed by atoms with van der Waals surface area (Å²) in [5, 5.41) is 34.0. The number of morpholine rings is 2. The molecule has 52 heavy (non-hydrogen) atoms. The molecule has 6 aliphatic rings. The molecule has 3 amide bonds. The van der Waals surface area contributed by atoms with Gasteiger partial charge >= 0.3 is 25.0 Å². The largest absolute Gasteiger partial charge is 0.480 e. The molecule has 280 valence electrons. The number of piperazine rings is 1. The molecule has 0 saturated carbocycles. The smallest absolute Gasteiger partial charge is 0.475 e. The van der Waals surface area contributed by atoms with Gasteiger partial charge < -0.3 is 40.2 Å². The summed E-state index contributed by atoms with van der Waals surface area (Å²) in [6.45, 7) is 1.93. The summed E-state index contributed by atoms with van der Waals surface area (Å²) in [6.07, 6.45) is 2.45. The van der Waals surface area contributed by atoms with Crippen molar-refractivity contribution in [1.82, 2.24) is 45.0 Å². The number of ether oxygens (including phenoxy) is 2. The van der Waals surface area contributed by atoms with Crippen molar-refractivity contribution in [2.45, 2.75) is 42.9 Å². The summed E-state index contributed by atoms with van der Waals surface area (Å²) in [6, 6.07) is 2.64. The summed E-state index contributed by atoms with van der Waals surface area (Å²) in [5.74, 6) is -5.18. The number of carboxylic acids is 1. The lowest BCUT2D eigenvalue weighted by Crippen LogP contribution is -2.75. The van der Waals surface area contributed by atoms with Gasteiger partial charge in [-0.25, -0.2) is 9.80 Å². The van der Waals surface area contributed by atoms with E-state index < -0.39 is 60.4 Å². The molecule has 1 aromatic rings. The molecule has 5 unspecified atom stereocenters. The van der Waals surface area contributed by atoms with Gasteiger partial charge in [-0.2, -0.15) is 0 Å². The molecule has 7 rings (SSSR count). The first kappa shape index (κ1) is 36.1. The van der Waals surface area contributed by atoms with Crippen LogP contribution in [-0.2, 0) is 40.0 Å². The molecule has 1 aromatic heterocycles. The SMILES string of the molecule is O=C(O)CN1CC2CN(CC(=O)NCc3ccc(C(=O)NCC(=O)N4CCC[C@H]4B(O)O)cn3)CCN3CC(=O)OC4(C3)N3CC(=O)OC(C1)(C3)N24. The molecule has 6 aliphatic heterocycles. The minimum Gasteiger partial charge on any atom is -0.480 e. The fourth-order valence-corrected chi connectivity index (χ4v) is 8.57. The van der Waals surface area contributed by atoms with Crippen LogP contribution in [0.5, 0.6) is 0 Å². The minimum absolute atomic E-state index is 0.0187. The number of hydrogen-bond acceptors (Lipinski definition) is 16. The Balaban J connectivity index is 0.982. The summed E-state index contributed by atoms with van der Waals surface area (Å²) in [7, 11) is -1.65. The number of fused-ring (bicyclic) bond motifs is 2. The average molecular weight is 728 g/mol. The van der Waals surface area contributed by atoms with Crippen LogP contribution < -0.4 is 10.6 Å². The van der Waals surface area contributed by atoms with Crippen molar-refractivity contribution >= 4 is 42.7 Å². The number of carboxylic acid groups (broad SMARTS) is 1. The number of likely N-dealkylation sites (tertiary alicyclic amines) is 1. The van der Waals surface area contributed by atoms with Crippen molar-refractivity contribution < 1.29 is 53.4 Å². The highest BCUT2D eigenvalue weighted by molar-refractivity contribution is 6.43. The molecule has 5 N–H and O–H groups in total. The third-order valence-corrected chi connectivity index (χ3v) is 10.6. The van der Waals surface area contributed by atoms with E-state index in [0.29, 0.717) is 51.3 Å². The van der Waals surface area contributed by atoms with E-state index in [1.165, 1.54) is 17.2 Å². The highest BCUT2D eigenvalue weighted by Crippen LogP contribution is 2.48. The first-order valence-corrected chi connectivity index (χ1v) is 17.4. The predicted octanol–water partition coefficient (Wildman–Crippen LogP) is -5.10. The second-order valence-corrected chi connectivity index (χ2v) is 14.2. The van der Waals surface area contributed by atoms with Crippen LogP contribution in [0.1, 0.15) is 28.9 Å². The van der Waals surface area contributed by atoms with Crippen LogP contribution in [0.25, 0.3) is 0 Å². The van der Waals surface area contributed by atoms with Crippen LogP contribution in [-0.4, -0.2) is 201 Å². The number of pyridine rings is 1. The van der Waals surface area contributed by atoms with Gasteiger partial charge in [0, 0.05) is 45.0 Å². The van der Waals surface area contributed by atoms with Gasteiger partial charge in [0.1, 0.15) is 6.54 Å². The molecule has 0 radical (unpaired) electrons. The van der Waals surface area contributed by atoms with Crippen molar-refractivity contribution in [1.29, 1.82) is 0 Å². The number of hydrogen-bond donors (Lipinski definition) is 5. The molecule has 6 atom stereocenters. The van der Waals surface area contributed by atoms with E-state index in [2.05, 4.69) is 15.6 Å². The van der Waals surface area contributed by atoms with Gasteiger partial charge in [-0.3, -0.25) is 48.5 Å². The molecule has 4 bridgehead atoms. The number of esters is 2. The molecule has 6 saturated heterocycles. The number of nitrogens with one attached hydrogen (secondary N) is 2. The topological polar surface area (TPSA) is 238 Å². The summed E-state index contributed by atoms with van der Waals surface area (Å²) < 4.78 is 12.1. The number of carbonyl (C=O) groups is 6. The fraction of sp³-hybridized carbons (Fsp3) is 0.645. The fourth-order valence-electron chi connectivity index (χ4n) is 8.57. The van der Waals surface area contributed by atoms with E-state index in [-0.39, 0.29) is 70.4 Å².